The molecule has 1 aliphatic rings. The Balaban J connectivity index is 2.08. The van der Waals surface area contributed by atoms with E-state index in [9.17, 15) is 9.59 Å². The number of benzene rings is 1. The molecule has 20 heavy (non-hydrogen) atoms. The van der Waals surface area contributed by atoms with Gasteiger partial charge in [-0.1, -0.05) is 18.5 Å². The van der Waals surface area contributed by atoms with E-state index >= 15 is 0 Å². The van der Waals surface area contributed by atoms with Crippen LogP contribution in [-0.2, 0) is 4.79 Å². The van der Waals surface area contributed by atoms with Crippen molar-refractivity contribution in [1.29, 1.82) is 0 Å². The van der Waals surface area contributed by atoms with E-state index in [1.54, 1.807) is 24.3 Å². The first-order valence-corrected chi connectivity index (χ1v) is 6.89. The highest BCUT2D eigenvalue weighted by Gasteiger charge is 2.29. The standard InChI is InChI=1S/C14H17ClN2O3/c1-9-6-11(7-9)16-14(20)17(8-13(18)19)12-4-2-10(15)3-5-12/h2-5,9,11H,6-8H2,1H3,(H,16,20)(H,18,19). The van der Waals surface area contributed by atoms with Crippen LogP contribution in [0.2, 0.25) is 5.02 Å². The molecule has 0 atom stereocenters. The van der Waals surface area contributed by atoms with Crippen molar-refractivity contribution in [3.63, 3.8) is 0 Å². The Morgan fingerprint density at radius 2 is 1.95 bits per heavy atom. The fourth-order valence-corrected chi connectivity index (χ4v) is 2.44. The number of aliphatic carboxylic acids is 1. The van der Waals surface area contributed by atoms with Crippen LogP contribution in [0.25, 0.3) is 0 Å². The van der Waals surface area contributed by atoms with Crippen molar-refractivity contribution in [2.24, 2.45) is 5.92 Å². The number of anilines is 1. The van der Waals surface area contributed by atoms with E-state index in [2.05, 4.69) is 12.2 Å². The Bertz CT molecular complexity index is 498. The van der Waals surface area contributed by atoms with Gasteiger partial charge in [0.1, 0.15) is 6.54 Å². The van der Waals surface area contributed by atoms with E-state index in [1.165, 1.54) is 4.90 Å². The number of hydrogen-bond acceptors (Lipinski definition) is 2. The van der Waals surface area contributed by atoms with E-state index < -0.39 is 5.97 Å². The van der Waals surface area contributed by atoms with Gasteiger partial charge < -0.3 is 10.4 Å². The van der Waals surface area contributed by atoms with Crippen LogP contribution in [0.15, 0.2) is 24.3 Å². The van der Waals surface area contributed by atoms with Gasteiger partial charge in [0.2, 0.25) is 0 Å². The average molecular weight is 297 g/mol. The van der Waals surface area contributed by atoms with Gasteiger partial charge in [-0.3, -0.25) is 9.69 Å². The topological polar surface area (TPSA) is 69.6 Å². The Morgan fingerprint density at radius 3 is 2.45 bits per heavy atom. The highest BCUT2D eigenvalue weighted by atomic mass is 35.5. The minimum Gasteiger partial charge on any atom is -0.480 e. The SMILES string of the molecule is CC1CC(NC(=O)N(CC(=O)O)c2ccc(Cl)cc2)C1. The molecule has 5 nitrogen and oxygen atoms in total. The van der Waals surface area contributed by atoms with Crippen molar-refractivity contribution in [1.82, 2.24) is 5.32 Å². The van der Waals surface area contributed by atoms with Crippen molar-refractivity contribution in [3.8, 4) is 0 Å². The summed E-state index contributed by atoms with van der Waals surface area (Å²) in [5.41, 5.74) is 0.515. The maximum absolute atomic E-state index is 12.2. The Hall–Kier alpha value is -1.75. The zero-order chi connectivity index (χ0) is 14.7. The predicted molar refractivity (Wildman–Crippen MR) is 77.2 cm³/mol. The van der Waals surface area contributed by atoms with Crippen molar-refractivity contribution in [3.05, 3.63) is 29.3 Å². The first-order valence-electron chi connectivity index (χ1n) is 6.51. The molecule has 0 radical (unpaired) electrons. The molecule has 0 aromatic heterocycles. The average Bonchev–Trinajstić information content (AvgIpc) is 2.35. The largest absolute Gasteiger partial charge is 0.480 e. The van der Waals surface area contributed by atoms with Crippen LogP contribution < -0.4 is 10.2 Å². The summed E-state index contributed by atoms with van der Waals surface area (Å²) in [6, 6.07) is 6.28. The second kappa shape index (κ2) is 6.13. The molecule has 1 aliphatic carbocycles. The molecule has 0 heterocycles. The minimum atomic E-state index is -1.06. The third-order valence-corrected chi connectivity index (χ3v) is 3.63. The molecule has 0 saturated heterocycles. The molecule has 1 aromatic carbocycles. The van der Waals surface area contributed by atoms with Crippen molar-refractivity contribution in [2.45, 2.75) is 25.8 Å². The molecule has 0 unspecified atom stereocenters. The summed E-state index contributed by atoms with van der Waals surface area (Å²) in [6.07, 6.45) is 1.88. The number of rotatable bonds is 4. The van der Waals surface area contributed by atoms with E-state index in [-0.39, 0.29) is 18.6 Å². The molecule has 1 fully saturated rings. The fourth-order valence-electron chi connectivity index (χ4n) is 2.31. The maximum atomic E-state index is 12.2. The molecule has 108 valence electrons. The summed E-state index contributed by atoms with van der Waals surface area (Å²) < 4.78 is 0. The van der Waals surface area contributed by atoms with Gasteiger partial charge in [0.25, 0.3) is 0 Å². The normalized spacial score (nSPS) is 20.9. The van der Waals surface area contributed by atoms with Crippen LogP contribution in [0.5, 0.6) is 0 Å². The van der Waals surface area contributed by atoms with Crippen LogP contribution in [-0.4, -0.2) is 29.7 Å². The number of nitrogens with one attached hydrogen (secondary N) is 1. The Morgan fingerprint density at radius 1 is 1.35 bits per heavy atom. The van der Waals surface area contributed by atoms with Crippen molar-refractivity contribution in [2.75, 3.05) is 11.4 Å². The lowest BCUT2D eigenvalue weighted by Gasteiger charge is -2.35. The van der Waals surface area contributed by atoms with E-state index in [0.717, 1.165) is 12.8 Å². The lowest BCUT2D eigenvalue weighted by atomic mass is 9.82. The number of carboxylic acid groups (broad SMARTS) is 1. The number of carbonyl (C=O) groups excluding carboxylic acids is 1. The summed E-state index contributed by atoms with van der Waals surface area (Å²) in [5, 5.41) is 12.3. The second-order valence-corrected chi connectivity index (χ2v) is 5.62. The highest BCUT2D eigenvalue weighted by molar-refractivity contribution is 6.30. The van der Waals surface area contributed by atoms with Gasteiger partial charge >= 0.3 is 12.0 Å². The Kier molecular flexibility index (Phi) is 4.49. The number of carbonyl (C=O) groups is 2. The molecule has 2 N–H and O–H groups in total. The first-order chi connectivity index (χ1) is 9.45. The van der Waals surface area contributed by atoms with Gasteiger partial charge in [0.05, 0.1) is 0 Å². The molecule has 0 spiro atoms. The fraction of sp³-hybridized carbons (Fsp3) is 0.429. The molecular weight excluding hydrogens is 280 g/mol. The summed E-state index contributed by atoms with van der Waals surface area (Å²) in [7, 11) is 0. The molecule has 0 bridgehead atoms. The molecule has 1 aromatic rings. The Labute approximate surface area is 122 Å². The number of urea groups is 1. The van der Waals surface area contributed by atoms with E-state index in [4.69, 9.17) is 16.7 Å². The number of nitrogens with zero attached hydrogens (tertiary/aromatic N) is 1. The number of halogens is 1. The van der Waals surface area contributed by atoms with E-state index in [1.807, 2.05) is 0 Å². The lowest BCUT2D eigenvalue weighted by Crippen LogP contribution is -2.50. The molecule has 6 heteroatoms. The summed E-state index contributed by atoms with van der Waals surface area (Å²) in [5.74, 6) is -0.444. The summed E-state index contributed by atoms with van der Waals surface area (Å²) >= 11 is 5.80. The van der Waals surface area contributed by atoms with E-state index in [0.29, 0.717) is 16.6 Å². The third kappa shape index (κ3) is 3.63. The first kappa shape index (κ1) is 14.7. The molecule has 0 aliphatic heterocycles. The van der Waals surface area contributed by atoms with Gasteiger partial charge in [-0.2, -0.15) is 0 Å². The van der Waals surface area contributed by atoms with Crippen LogP contribution in [0.1, 0.15) is 19.8 Å². The molecular formula is C14H17ClN2O3. The minimum absolute atomic E-state index is 0.140. The number of amides is 2. The predicted octanol–water partition coefficient (Wildman–Crippen LogP) is 2.74. The zero-order valence-corrected chi connectivity index (χ0v) is 11.9. The van der Waals surface area contributed by atoms with Gasteiger partial charge in [-0.25, -0.2) is 4.79 Å². The lowest BCUT2D eigenvalue weighted by molar-refractivity contribution is -0.135. The quantitative estimate of drug-likeness (QED) is 0.897. The monoisotopic (exact) mass is 296 g/mol. The number of hydrogen-bond donors (Lipinski definition) is 2. The molecule has 1 saturated carbocycles. The summed E-state index contributed by atoms with van der Waals surface area (Å²) in [6.45, 7) is 1.74. The van der Waals surface area contributed by atoms with Gasteiger partial charge in [0, 0.05) is 16.8 Å². The number of carboxylic acids is 1. The maximum Gasteiger partial charge on any atom is 0.323 e. The van der Waals surface area contributed by atoms with Crippen molar-refractivity contribution >= 4 is 29.3 Å². The smallest absolute Gasteiger partial charge is 0.323 e. The van der Waals surface area contributed by atoms with Gasteiger partial charge in [-0.15, -0.1) is 0 Å². The highest BCUT2D eigenvalue weighted by Crippen LogP contribution is 2.27. The van der Waals surface area contributed by atoms with Gasteiger partial charge in [0.15, 0.2) is 0 Å². The van der Waals surface area contributed by atoms with Gasteiger partial charge in [-0.05, 0) is 43.0 Å². The molecule has 2 rings (SSSR count). The van der Waals surface area contributed by atoms with Crippen molar-refractivity contribution < 1.29 is 14.7 Å². The molecule has 2 amide bonds. The second-order valence-electron chi connectivity index (χ2n) is 5.18. The van der Waals surface area contributed by atoms with Crippen LogP contribution >= 0.6 is 11.6 Å². The van der Waals surface area contributed by atoms with Crippen LogP contribution in [0, 0.1) is 5.92 Å². The van der Waals surface area contributed by atoms with Crippen LogP contribution in [0.4, 0.5) is 10.5 Å². The summed E-state index contributed by atoms with van der Waals surface area (Å²) in [4.78, 5) is 24.3. The van der Waals surface area contributed by atoms with Crippen LogP contribution in [0.3, 0.4) is 0 Å². The third-order valence-electron chi connectivity index (χ3n) is 3.38. The zero-order valence-electron chi connectivity index (χ0n) is 11.2.